The number of amides is 2. The van der Waals surface area contributed by atoms with Gasteiger partial charge in [0.2, 0.25) is 5.91 Å². The number of carbonyl (C=O) groups is 3. The zero-order chi connectivity index (χ0) is 22.9. The van der Waals surface area contributed by atoms with Crippen molar-refractivity contribution >= 4 is 44.0 Å². The number of esters is 1. The lowest BCUT2D eigenvalue weighted by molar-refractivity contribution is -0.121. The van der Waals surface area contributed by atoms with Crippen molar-refractivity contribution in [3.05, 3.63) is 40.2 Å². The van der Waals surface area contributed by atoms with E-state index in [9.17, 15) is 22.8 Å². The average molecular weight is 481 g/mol. The average Bonchev–Trinajstić information content (AvgIpc) is 3.40. The summed E-state index contributed by atoms with van der Waals surface area (Å²) in [6.45, 7) is 2.74. The third-order valence-corrected chi connectivity index (χ3v) is 8.63. The number of piperidine rings is 1. The van der Waals surface area contributed by atoms with Gasteiger partial charge in [0.1, 0.15) is 11.3 Å². The van der Waals surface area contributed by atoms with Gasteiger partial charge < -0.3 is 19.4 Å². The van der Waals surface area contributed by atoms with Gasteiger partial charge in [-0.3, -0.25) is 9.59 Å². The first kappa shape index (κ1) is 22.5. The molecule has 1 saturated heterocycles. The molecule has 11 heteroatoms. The molecule has 1 fully saturated rings. The van der Waals surface area contributed by atoms with E-state index in [-0.39, 0.29) is 47.8 Å². The largest absolute Gasteiger partial charge is 0.472 e. The normalized spacial score (nSPS) is 18.1. The predicted octanol–water partition coefficient (Wildman–Crippen LogP) is 2.48. The van der Waals surface area contributed by atoms with Crippen LogP contribution in [-0.2, 0) is 31.5 Å². The standard InChI is InChI=1S/C21H24N2O7S2/c1-2-30-21(26)17-15-6-10-32(27,28)12-16(15)31-19(17)22-18(24)13-3-7-23(8-4-13)20(25)14-5-9-29-11-14/h5,9,11,13H,2-4,6-8,10,12H2,1H3,(H,22,24). The Kier molecular flexibility index (Phi) is 6.38. The number of furan rings is 1. The number of fused-ring (bicyclic) bond motifs is 1. The SMILES string of the molecule is CCOC(=O)c1c(NC(=O)C2CCN(C(=O)c3ccoc3)CC2)sc2c1CCS(=O)(=O)C2. The minimum absolute atomic E-state index is 0.0281. The highest BCUT2D eigenvalue weighted by atomic mass is 32.2. The third-order valence-electron chi connectivity index (χ3n) is 5.74. The van der Waals surface area contributed by atoms with Crippen molar-refractivity contribution in [2.75, 3.05) is 30.8 Å². The van der Waals surface area contributed by atoms with Crippen LogP contribution < -0.4 is 5.32 Å². The lowest BCUT2D eigenvalue weighted by Crippen LogP contribution is -2.41. The van der Waals surface area contributed by atoms with Crippen molar-refractivity contribution in [2.24, 2.45) is 5.92 Å². The maximum Gasteiger partial charge on any atom is 0.341 e. The van der Waals surface area contributed by atoms with Crippen LogP contribution in [0.4, 0.5) is 5.00 Å². The van der Waals surface area contributed by atoms with Crippen LogP contribution in [0.15, 0.2) is 23.0 Å². The van der Waals surface area contributed by atoms with Crippen molar-refractivity contribution in [1.82, 2.24) is 4.90 Å². The minimum atomic E-state index is -3.22. The summed E-state index contributed by atoms with van der Waals surface area (Å²) in [6.07, 6.45) is 4.05. The number of carbonyl (C=O) groups excluding carboxylic acids is 3. The first-order valence-electron chi connectivity index (χ1n) is 10.4. The molecule has 0 atom stereocenters. The molecule has 172 valence electrons. The Morgan fingerprint density at radius 1 is 1.28 bits per heavy atom. The van der Waals surface area contributed by atoms with Crippen LogP contribution in [0.25, 0.3) is 0 Å². The van der Waals surface area contributed by atoms with Crippen molar-refractivity contribution in [3.8, 4) is 0 Å². The molecule has 1 N–H and O–H groups in total. The van der Waals surface area contributed by atoms with Crippen molar-refractivity contribution in [3.63, 3.8) is 0 Å². The van der Waals surface area contributed by atoms with E-state index in [1.54, 1.807) is 17.9 Å². The van der Waals surface area contributed by atoms with E-state index in [0.717, 1.165) is 11.3 Å². The van der Waals surface area contributed by atoms with E-state index < -0.39 is 15.8 Å². The van der Waals surface area contributed by atoms with Gasteiger partial charge in [0.05, 0.1) is 35.5 Å². The first-order chi connectivity index (χ1) is 15.3. The molecular formula is C21H24N2O7S2. The van der Waals surface area contributed by atoms with Crippen molar-refractivity contribution in [2.45, 2.75) is 31.9 Å². The Hall–Kier alpha value is -2.66. The number of thiophene rings is 1. The van der Waals surface area contributed by atoms with E-state index in [4.69, 9.17) is 9.15 Å². The quantitative estimate of drug-likeness (QED) is 0.652. The molecule has 0 aromatic carbocycles. The fraction of sp³-hybridized carbons (Fsp3) is 0.476. The number of nitrogens with one attached hydrogen (secondary N) is 1. The van der Waals surface area contributed by atoms with Crippen LogP contribution in [0.2, 0.25) is 0 Å². The molecule has 0 spiro atoms. The molecule has 2 aliphatic heterocycles. The molecule has 0 saturated carbocycles. The zero-order valence-corrected chi connectivity index (χ0v) is 19.2. The molecule has 2 amide bonds. The van der Waals surface area contributed by atoms with Gasteiger partial charge in [0.25, 0.3) is 5.91 Å². The highest BCUT2D eigenvalue weighted by Crippen LogP contribution is 2.39. The summed E-state index contributed by atoms with van der Waals surface area (Å²) < 4.78 is 34.2. The Morgan fingerprint density at radius 2 is 2.03 bits per heavy atom. The van der Waals surface area contributed by atoms with Crippen LogP contribution in [0.5, 0.6) is 0 Å². The number of sulfone groups is 1. The molecule has 0 bridgehead atoms. The van der Waals surface area contributed by atoms with E-state index in [1.165, 1.54) is 12.5 Å². The number of nitrogens with zero attached hydrogens (tertiary/aromatic N) is 1. The molecule has 0 unspecified atom stereocenters. The third kappa shape index (κ3) is 4.58. The van der Waals surface area contributed by atoms with Gasteiger partial charge in [0.15, 0.2) is 9.84 Å². The Labute approximate surface area is 189 Å². The van der Waals surface area contributed by atoms with Crippen LogP contribution in [0, 0.1) is 5.92 Å². The second kappa shape index (κ2) is 9.07. The Bertz CT molecular complexity index is 1130. The summed E-state index contributed by atoms with van der Waals surface area (Å²) in [5.74, 6) is -1.41. The Balaban J connectivity index is 1.47. The Morgan fingerprint density at radius 3 is 2.69 bits per heavy atom. The number of hydrogen-bond donors (Lipinski definition) is 1. The first-order valence-corrected chi connectivity index (χ1v) is 13.1. The molecule has 9 nitrogen and oxygen atoms in total. The molecule has 4 heterocycles. The summed E-state index contributed by atoms with van der Waals surface area (Å²) in [4.78, 5) is 40.2. The molecule has 2 aromatic heterocycles. The molecule has 4 rings (SSSR count). The summed E-state index contributed by atoms with van der Waals surface area (Å²) in [5.41, 5.74) is 1.40. The summed E-state index contributed by atoms with van der Waals surface area (Å²) >= 11 is 1.13. The van der Waals surface area contributed by atoms with E-state index in [1.807, 2.05) is 0 Å². The maximum atomic E-state index is 13.0. The van der Waals surface area contributed by atoms with Crippen molar-refractivity contribution in [1.29, 1.82) is 0 Å². The maximum absolute atomic E-state index is 13.0. The molecule has 0 aliphatic carbocycles. The van der Waals surface area contributed by atoms with Gasteiger partial charge in [-0.25, -0.2) is 13.2 Å². The second-order valence-electron chi connectivity index (χ2n) is 7.84. The molecule has 2 aromatic rings. The fourth-order valence-corrected chi connectivity index (χ4v) is 7.10. The molecule has 2 aliphatic rings. The summed E-state index contributed by atoms with van der Waals surface area (Å²) in [5, 5.41) is 3.18. The van der Waals surface area contributed by atoms with Gasteiger partial charge in [-0.2, -0.15) is 0 Å². The highest BCUT2D eigenvalue weighted by molar-refractivity contribution is 7.90. The van der Waals surface area contributed by atoms with Crippen LogP contribution >= 0.6 is 11.3 Å². The second-order valence-corrected chi connectivity index (χ2v) is 11.1. The minimum Gasteiger partial charge on any atom is -0.472 e. The molecule has 32 heavy (non-hydrogen) atoms. The topological polar surface area (TPSA) is 123 Å². The van der Waals surface area contributed by atoms with E-state index in [0.29, 0.717) is 46.9 Å². The lowest BCUT2D eigenvalue weighted by Gasteiger charge is -2.31. The van der Waals surface area contributed by atoms with E-state index >= 15 is 0 Å². The highest BCUT2D eigenvalue weighted by Gasteiger charge is 2.34. The van der Waals surface area contributed by atoms with Gasteiger partial charge in [-0.05, 0) is 37.8 Å². The summed E-state index contributed by atoms with van der Waals surface area (Å²) in [6, 6.07) is 1.61. The van der Waals surface area contributed by atoms with Gasteiger partial charge >= 0.3 is 5.97 Å². The van der Waals surface area contributed by atoms with Crippen LogP contribution in [0.3, 0.4) is 0 Å². The number of ether oxygens (including phenoxy) is 1. The zero-order valence-electron chi connectivity index (χ0n) is 17.6. The molecule has 0 radical (unpaired) electrons. The van der Waals surface area contributed by atoms with Crippen LogP contribution in [0.1, 0.15) is 50.9 Å². The number of anilines is 1. The van der Waals surface area contributed by atoms with Crippen LogP contribution in [-0.4, -0.2) is 56.6 Å². The van der Waals surface area contributed by atoms with Crippen molar-refractivity contribution < 1.29 is 32.0 Å². The van der Waals surface area contributed by atoms with Gasteiger partial charge in [-0.1, -0.05) is 0 Å². The number of rotatable bonds is 5. The smallest absolute Gasteiger partial charge is 0.341 e. The van der Waals surface area contributed by atoms with E-state index in [2.05, 4.69) is 5.32 Å². The molecular weight excluding hydrogens is 456 g/mol. The fourth-order valence-electron chi connectivity index (χ4n) is 4.06. The number of likely N-dealkylation sites (tertiary alicyclic amines) is 1. The summed E-state index contributed by atoms with van der Waals surface area (Å²) in [7, 11) is -3.22. The lowest BCUT2D eigenvalue weighted by atomic mass is 9.95. The number of hydrogen-bond acceptors (Lipinski definition) is 8. The van der Waals surface area contributed by atoms with Gasteiger partial charge in [-0.15, -0.1) is 11.3 Å². The van der Waals surface area contributed by atoms with Gasteiger partial charge in [0, 0.05) is 23.9 Å². The predicted molar refractivity (Wildman–Crippen MR) is 117 cm³/mol. The monoisotopic (exact) mass is 480 g/mol.